The van der Waals surface area contributed by atoms with Gasteiger partial charge in [0.1, 0.15) is 0 Å². The van der Waals surface area contributed by atoms with Crippen LogP contribution in [0.25, 0.3) is 0 Å². The predicted molar refractivity (Wildman–Crippen MR) is 62.0 cm³/mol. The molecule has 0 saturated carbocycles. The number of carbonyl (C=O) groups excluding carboxylic acids is 1. The highest BCUT2D eigenvalue weighted by atomic mass is 16.5. The van der Waals surface area contributed by atoms with Gasteiger partial charge in [-0.3, -0.25) is 4.79 Å². The number of hydrogen-bond acceptors (Lipinski definition) is 3. The van der Waals surface area contributed by atoms with Crippen LogP contribution in [0.2, 0.25) is 0 Å². The number of imidazole rings is 1. The maximum Gasteiger partial charge on any atom is 0.305 e. The Labute approximate surface area is 96.6 Å². The van der Waals surface area contributed by atoms with Crippen molar-refractivity contribution in [3.63, 3.8) is 0 Å². The summed E-state index contributed by atoms with van der Waals surface area (Å²) in [6.45, 7) is 2.18. The molecule has 0 aliphatic heterocycles. The van der Waals surface area contributed by atoms with Crippen molar-refractivity contribution in [2.45, 2.75) is 45.1 Å². The third-order valence-corrected chi connectivity index (χ3v) is 2.76. The molecule has 0 amide bonds. The maximum absolute atomic E-state index is 10.9. The van der Waals surface area contributed by atoms with Crippen molar-refractivity contribution in [1.29, 1.82) is 0 Å². The summed E-state index contributed by atoms with van der Waals surface area (Å²) in [7, 11) is 1.43. The molecule has 0 radical (unpaired) electrons. The van der Waals surface area contributed by atoms with Crippen LogP contribution < -0.4 is 0 Å². The number of nitrogens with zero attached hydrogens (tertiary/aromatic N) is 2. The van der Waals surface area contributed by atoms with Crippen molar-refractivity contribution in [2.75, 3.05) is 7.11 Å². The van der Waals surface area contributed by atoms with E-state index in [2.05, 4.69) is 21.2 Å². The Kier molecular flexibility index (Phi) is 5.61. The summed E-state index contributed by atoms with van der Waals surface area (Å²) in [6.07, 6.45) is 10.4. The molecule has 0 fully saturated rings. The average Bonchev–Trinajstić information content (AvgIpc) is 2.81. The number of ether oxygens (including phenoxy) is 1. The van der Waals surface area contributed by atoms with E-state index in [0.29, 0.717) is 12.5 Å². The fourth-order valence-corrected chi connectivity index (χ4v) is 1.67. The number of carbonyl (C=O) groups is 1. The molecule has 16 heavy (non-hydrogen) atoms. The fourth-order valence-electron chi connectivity index (χ4n) is 1.67. The molecule has 0 bridgehead atoms. The SMILES string of the molecule is COC(=O)CCCCC[C@@H](C)n1ccnc1. The lowest BCUT2D eigenvalue weighted by atomic mass is 10.1. The number of esters is 1. The summed E-state index contributed by atoms with van der Waals surface area (Å²) < 4.78 is 6.70. The van der Waals surface area contributed by atoms with Gasteiger partial charge >= 0.3 is 5.97 Å². The van der Waals surface area contributed by atoms with Gasteiger partial charge in [0.05, 0.1) is 13.4 Å². The largest absolute Gasteiger partial charge is 0.469 e. The molecule has 1 aromatic heterocycles. The highest BCUT2D eigenvalue weighted by molar-refractivity contribution is 5.68. The van der Waals surface area contributed by atoms with Crippen LogP contribution in [0.5, 0.6) is 0 Å². The molecular weight excluding hydrogens is 204 g/mol. The summed E-state index contributed by atoms with van der Waals surface area (Å²) in [6, 6.07) is 0.487. The van der Waals surface area contributed by atoms with E-state index in [1.54, 1.807) is 6.20 Å². The first kappa shape index (κ1) is 12.7. The molecule has 0 unspecified atom stereocenters. The van der Waals surface area contributed by atoms with Crippen molar-refractivity contribution >= 4 is 5.97 Å². The van der Waals surface area contributed by atoms with Gasteiger partial charge in [0.25, 0.3) is 0 Å². The zero-order valence-corrected chi connectivity index (χ0v) is 10.1. The molecule has 4 nitrogen and oxygen atoms in total. The first-order valence-electron chi connectivity index (χ1n) is 5.78. The molecule has 1 rings (SSSR count). The second-order valence-corrected chi connectivity index (χ2v) is 4.03. The minimum Gasteiger partial charge on any atom is -0.469 e. The van der Waals surface area contributed by atoms with E-state index >= 15 is 0 Å². The molecule has 0 N–H and O–H groups in total. The van der Waals surface area contributed by atoms with Crippen LogP contribution in [0.15, 0.2) is 18.7 Å². The highest BCUT2D eigenvalue weighted by Crippen LogP contribution is 2.15. The van der Waals surface area contributed by atoms with Gasteiger partial charge in [-0.15, -0.1) is 0 Å². The van der Waals surface area contributed by atoms with E-state index in [9.17, 15) is 4.79 Å². The predicted octanol–water partition coefficient (Wildman–Crippen LogP) is 2.57. The van der Waals surface area contributed by atoms with E-state index in [4.69, 9.17) is 0 Å². The molecule has 90 valence electrons. The third kappa shape index (κ3) is 4.47. The number of aromatic nitrogens is 2. The summed E-state index contributed by atoms with van der Waals surface area (Å²) >= 11 is 0. The minimum absolute atomic E-state index is 0.109. The second kappa shape index (κ2) is 7.04. The Balaban J connectivity index is 2.05. The zero-order chi connectivity index (χ0) is 11.8. The molecule has 1 atom stereocenters. The van der Waals surface area contributed by atoms with Crippen molar-refractivity contribution < 1.29 is 9.53 Å². The topological polar surface area (TPSA) is 44.1 Å². The van der Waals surface area contributed by atoms with E-state index in [-0.39, 0.29) is 5.97 Å². The van der Waals surface area contributed by atoms with Gasteiger partial charge in [0.15, 0.2) is 0 Å². The van der Waals surface area contributed by atoms with Gasteiger partial charge in [-0.25, -0.2) is 4.98 Å². The monoisotopic (exact) mass is 224 g/mol. The average molecular weight is 224 g/mol. The van der Waals surface area contributed by atoms with Crippen LogP contribution in [-0.4, -0.2) is 22.6 Å². The van der Waals surface area contributed by atoms with Gasteiger partial charge < -0.3 is 9.30 Å². The second-order valence-electron chi connectivity index (χ2n) is 4.03. The quantitative estimate of drug-likeness (QED) is 0.528. The van der Waals surface area contributed by atoms with E-state index in [1.165, 1.54) is 7.11 Å². The molecular formula is C12H20N2O2. The smallest absolute Gasteiger partial charge is 0.305 e. The lowest BCUT2D eigenvalue weighted by Gasteiger charge is -2.12. The Bertz CT molecular complexity index is 296. The van der Waals surface area contributed by atoms with Crippen molar-refractivity contribution in [3.05, 3.63) is 18.7 Å². The standard InChI is InChI=1S/C12H20N2O2/c1-11(14-9-8-13-10-14)6-4-3-5-7-12(15)16-2/h8-11H,3-7H2,1-2H3/t11-/m1/s1. The number of hydrogen-bond donors (Lipinski definition) is 0. The number of rotatable bonds is 7. The molecule has 0 aliphatic rings. The first-order chi connectivity index (χ1) is 7.74. The van der Waals surface area contributed by atoms with Crippen molar-refractivity contribution in [2.24, 2.45) is 0 Å². The Morgan fingerprint density at radius 2 is 2.25 bits per heavy atom. The van der Waals surface area contributed by atoms with Crippen LogP contribution in [0.4, 0.5) is 0 Å². The van der Waals surface area contributed by atoms with E-state index in [0.717, 1.165) is 25.7 Å². The molecule has 0 aromatic carbocycles. The fraction of sp³-hybridized carbons (Fsp3) is 0.667. The van der Waals surface area contributed by atoms with Crippen LogP contribution >= 0.6 is 0 Å². The summed E-state index contributed by atoms with van der Waals surface area (Å²) in [5.41, 5.74) is 0. The lowest BCUT2D eigenvalue weighted by Crippen LogP contribution is -2.03. The van der Waals surface area contributed by atoms with Crippen LogP contribution in [-0.2, 0) is 9.53 Å². The Morgan fingerprint density at radius 1 is 1.44 bits per heavy atom. The lowest BCUT2D eigenvalue weighted by molar-refractivity contribution is -0.140. The molecule has 1 heterocycles. The Hall–Kier alpha value is -1.32. The van der Waals surface area contributed by atoms with Crippen LogP contribution in [0.3, 0.4) is 0 Å². The normalized spacial score (nSPS) is 12.4. The maximum atomic E-state index is 10.9. The first-order valence-corrected chi connectivity index (χ1v) is 5.78. The summed E-state index contributed by atoms with van der Waals surface area (Å²) in [5, 5.41) is 0. The van der Waals surface area contributed by atoms with Gasteiger partial charge in [-0.1, -0.05) is 12.8 Å². The van der Waals surface area contributed by atoms with E-state index < -0.39 is 0 Å². The van der Waals surface area contributed by atoms with Gasteiger partial charge in [-0.2, -0.15) is 0 Å². The molecule has 0 saturated heterocycles. The van der Waals surface area contributed by atoms with Gasteiger partial charge in [0, 0.05) is 24.9 Å². The zero-order valence-electron chi connectivity index (χ0n) is 10.1. The van der Waals surface area contributed by atoms with Crippen LogP contribution in [0.1, 0.15) is 45.1 Å². The molecule has 4 heteroatoms. The summed E-state index contributed by atoms with van der Waals surface area (Å²) in [4.78, 5) is 14.9. The minimum atomic E-state index is -0.109. The number of unbranched alkanes of at least 4 members (excludes halogenated alkanes) is 2. The van der Waals surface area contributed by atoms with Crippen molar-refractivity contribution in [1.82, 2.24) is 9.55 Å². The number of methoxy groups -OCH3 is 1. The highest BCUT2D eigenvalue weighted by Gasteiger charge is 2.04. The van der Waals surface area contributed by atoms with Crippen LogP contribution in [0, 0.1) is 0 Å². The summed E-state index contributed by atoms with van der Waals surface area (Å²) in [5.74, 6) is -0.109. The van der Waals surface area contributed by atoms with Gasteiger partial charge in [-0.05, 0) is 19.8 Å². The van der Waals surface area contributed by atoms with E-state index in [1.807, 2.05) is 12.5 Å². The van der Waals surface area contributed by atoms with Gasteiger partial charge in [0.2, 0.25) is 0 Å². The molecule has 0 spiro atoms. The molecule has 0 aliphatic carbocycles. The third-order valence-electron chi connectivity index (χ3n) is 2.76. The molecule has 1 aromatic rings. The van der Waals surface area contributed by atoms with Crippen molar-refractivity contribution in [3.8, 4) is 0 Å². The Morgan fingerprint density at radius 3 is 2.88 bits per heavy atom.